The lowest BCUT2D eigenvalue weighted by molar-refractivity contribution is -0.0511. The first-order valence-corrected chi connectivity index (χ1v) is 9.46. The van der Waals surface area contributed by atoms with Gasteiger partial charge in [0, 0.05) is 36.8 Å². The molecule has 0 aromatic carbocycles. The van der Waals surface area contributed by atoms with E-state index in [2.05, 4.69) is 35.3 Å². The molecule has 31 heavy (non-hydrogen) atoms. The van der Waals surface area contributed by atoms with Crippen molar-refractivity contribution in [3.8, 4) is 17.1 Å². The van der Waals surface area contributed by atoms with Crippen molar-refractivity contribution in [2.45, 2.75) is 24.5 Å². The van der Waals surface area contributed by atoms with Crippen molar-refractivity contribution in [1.29, 1.82) is 0 Å². The maximum atomic E-state index is 10.4. The number of hydrogen-bond acceptors (Lipinski definition) is 11. The van der Waals surface area contributed by atoms with E-state index in [1.54, 1.807) is 31.8 Å². The highest BCUT2D eigenvalue weighted by atomic mass is 16.6. The molecule has 1 aliphatic heterocycles. The van der Waals surface area contributed by atoms with Gasteiger partial charge in [0.25, 0.3) is 5.95 Å². The second kappa shape index (κ2) is 7.63. The maximum Gasteiger partial charge on any atom is 0.254 e. The lowest BCUT2D eigenvalue weighted by atomic mass is 10.1. The van der Waals surface area contributed by atoms with Crippen LogP contribution in [0.5, 0.6) is 0 Å². The predicted molar refractivity (Wildman–Crippen MR) is 106 cm³/mol. The van der Waals surface area contributed by atoms with E-state index in [1.165, 1.54) is 21.9 Å². The monoisotopic (exact) mass is 425 g/mol. The van der Waals surface area contributed by atoms with Crippen LogP contribution in [0.3, 0.4) is 0 Å². The summed E-state index contributed by atoms with van der Waals surface area (Å²) in [4.78, 5) is 21.4. The minimum Gasteiger partial charge on any atom is -0.394 e. The summed E-state index contributed by atoms with van der Waals surface area (Å²) in [5.41, 5.74) is 2.39. The fourth-order valence-electron chi connectivity index (χ4n) is 3.51. The number of rotatable bonds is 5. The molecular weight excluding hydrogens is 406 g/mol. The number of ether oxygens (including phenoxy) is 1. The van der Waals surface area contributed by atoms with Gasteiger partial charge in [-0.15, -0.1) is 0 Å². The Balaban J connectivity index is 1.58. The van der Waals surface area contributed by atoms with Crippen LogP contribution in [-0.4, -0.2) is 86.6 Å². The summed E-state index contributed by atoms with van der Waals surface area (Å²) >= 11 is 0. The number of nitrogens with one attached hydrogen (secondary N) is 1. The summed E-state index contributed by atoms with van der Waals surface area (Å²) in [6, 6.07) is 0. The Morgan fingerprint density at radius 2 is 1.90 bits per heavy atom. The molecule has 4 N–H and O–H groups in total. The molecule has 5 heterocycles. The van der Waals surface area contributed by atoms with Crippen LogP contribution in [0.15, 0.2) is 37.4 Å². The van der Waals surface area contributed by atoms with Crippen LogP contribution >= 0.6 is 0 Å². The van der Waals surface area contributed by atoms with Crippen molar-refractivity contribution >= 4 is 17.0 Å². The highest BCUT2D eigenvalue weighted by Gasteiger charge is 2.44. The molecule has 0 radical (unpaired) electrons. The number of imidazole rings is 1. The molecule has 4 aromatic rings. The number of nitrogens with zero attached hydrogens (tertiary/aromatic N) is 8. The van der Waals surface area contributed by atoms with Crippen molar-refractivity contribution in [2.24, 2.45) is 0 Å². The average Bonchev–Trinajstić information content (AvgIpc) is 3.52. The van der Waals surface area contributed by atoms with Crippen LogP contribution in [0.25, 0.3) is 28.2 Å². The van der Waals surface area contributed by atoms with Gasteiger partial charge >= 0.3 is 0 Å². The third kappa shape index (κ3) is 3.19. The fourth-order valence-corrected chi connectivity index (χ4v) is 3.51. The molecular formula is C18H19N9O4. The van der Waals surface area contributed by atoms with Gasteiger partial charge in [0.2, 0.25) is 0 Å². The highest BCUT2D eigenvalue weighted by molar-refractivity contribution is 5.83. The number of anilines is 1. The molecule has 0 aliphatic carbocycles. The van der Waals surface area contributed by atoms with Crippen molar-refractivity contribution in [1.82, 2.24) is 39.3 Å². The van der Waals surface area contributed by atoms with E-state index in [-0.39, 0.29) is 5.95 Å². The maximum absolute atomic E-state index is 10.4. The summed E-state index contributed by atoms with van der Waals surface area (Å²) in [5.74, 6) is 0.707. The summed E-state index contributed by atoms with van der Waals surface area (Å²) in [5, 5.41) is 37.2. The Kier molecular flexibility index (Phi) is 4.78. The summed E-state index contributed by atoms with van der Waals surface area (Å²) in [6.45, 7) is -0.428. The van der Waals surface area contributed by atoms with Crippen LogP contribution in [-0.2, 0) is 4.74 Å². The second-order valence-corrected chi connectivity index (χ2v) is 6.98. The van der Waals surface area contributed by atoms with Crippen LogP contribution in [0, 0.1) is 0 Å². The van der Waals surface area contributed by atoms with Gasteiger partial charge in [-0.05, 0) is 0 Å². The van der Waals surface area contributed by atoms with E-state index in [4.69, 9.17) is 4.74 Å². The summed E-state index contributed by atoms with van der Waals surface area (Å²) in [6.07, 6.45) is 5.25. The minimum absolute atomic E-state index is 0.258. The highest BCUT2D eigenvalue weighted by Crippen LogP contribution is 2.32. The molecule has 0 saturated carbocycles. The Morgan fingerprint density at radius 1 is 1.10 bits per heavy atom. The Bertz CT molecular complexity index is 1210. The first kappa shape index (κ1) is 19.4. The number of hydrogen-bond donors (Lipinski definition) is 4. The molecule has 13 nitrogen and oxygen atoms in total. The summed E-state index contributed by atoms with van der Waals surface area (Å²) in [7, 11) is 1.70. The molecule has 0 bridgehead atoms. The van der Waals surface area contributed by atoms with Gasteiger partial charge in [0.1, 0.15) is 24.6 Å². The molecule has 4 atom stereocenters. The number of aliphatic hydroxyl groups is 3. The van der Waals surface area contributed by atoms with Crippen LogP contribution in [0.2, 0.25) is 0 Å². The fraction of sp³-hybridized carbons (Fsp3) is 0.333. The standard InChI is InChI=1S/C18H19N9O4/c1-19-15-12-16(26(8-22-12)17-14(30)13(29)11(6-28)31-17)25-18(24-15)27-5-10(4-23-27)9-2-20-7-21-3-9/h2-5,7-8,11,13-14,17,28-30H,6H2,1H3,(H,19,24,25)/t11-,13-,14-,17-/m1/s1. The van der Waals surface area contributed by atoms with E-state index < -0.39 is 31.1 Å². The SMILES string of the molecule is CNc1nc(-n2cc(-c3cncnc3)cn2)nc2c1ncn2[C@@H]1O[C@H](CO)[C@@H](O)[C@H]1O. The zero-order valence-electron chi connectivity index (χ0n) is 16.3. The lowest BCUT2D eigenvalue weighted by Crippen LogP contribution is -2.33. The zero-order valence-corrected chi connectivity index (χ0v) is 16.3. The predicted octanol–water partition coefficient (Wildman–Crippen LogP) is -0.878. The minimum atomic E-state index is -1.26. The molecule has 1 aliphatic rings. The largest absolute Gasteiger partial charge is 0.394 e. The lowest BCUT2D eigenvalue weighted by Gasteiger charge is -2.17. The van der Waals surface area contributed by atoms with Crippen LogP contribution in [0.4, 0.5) is 5.82 Å². The number of aliphatic hydroxyl groups excluding tert-OH is 3. The molecule has 1 fully saturated rings. The van der Waals surface area contributed by atoms with Crippen molar-refractivity contribution in [3.05, 3.63) is 37.4 Å². The smallest absolute Gasteiger partial charge is 0.254 e. The number of aromatic nitrogens is 8. The van der Waals surface area contributed by atoms with Gasteiger partial charge in [-0.3, -0.25) is 4.57 Å². The van der Waals surface area contributed by atoms with Gasteiger partial charge in [-0.1, -0.05) is 0 Å². The van der Waals surface area contributed by atoms with E-state index in [0.717, 1.165) is 11.1 Å². The third-order valence-electron chi connectivity index (χ3n) is 5.12. The van der Waals surface area contributed by atoms with Crippen molar-refractivity contribution < 1.29 is 20.1 Å². The van der Waals surface area contributed by atoms with Gasteiger partial charge in [0.15, 0.2) is 23.2 Å². The Labute approximate surface area is 175 Å². The summed E-state index contributed by atoms with van der Waals surface area (Å²) < 4.78 is 8.62. The average molecular weight is 425 g/mol. The Hall–Kier alpha value is -3.52. The molecule has 5 rings (SSSR count). The zero-order chi connectivity index (χ0) is 21.5. The van der Waals surface area contributed by atoms with E-state index in [1.807, 2.05) is 0 Å². The van der Waals surface area contributed by atoms with Gasteiger partial charge in [-0.25, -0.2) is 19.6 Å². The molecule has 1 saturated heterocycles. The first-order valence-electron chi connectivity index (χ1n) is 9.46. The molecule has 4 aromatic heterocycles. The quantitative estimate of drug-likeness (QED) is 0.313. The van der Waals surface area contributed by atoms with Gasteiger partial charge in [-0.2, -0.15) is 15.1 Å². The molecule has 160 valence electrons. The molecule has 0 unspecified atom stereocenters. The van der Waals surface area contributed by atoms with E-state index >= 15 is 0 Å². The van der Waals surface area contributed by atoms with Gasteiger partial charge in [0.05, 0.1) is 19.1 Å². The van der Waals surface area contributed by atoms with E-state index in [9.17, 15) is 15.3 Å². The molecule has 0 spiro atoms. The number of fused-ring (bicyclic) bond motifs is 1. The van der Waals surface area contributed by atoms with Crippen molar-refractivity contribution in [2.75, 3.05) is 19.0 Å². The Morgan fingerprint density at radius 3 is 2.61 bits per heavy atom. The molecule has 13 heteroatoms. The third-order valence-corrected chi connectivity index (χ3v) is 5.12. The van der Waals surface area contributed by atoms with Crippen molar-refractivity contribution in [3.63, 3.8) is 0 Å². The second-order valence-electron chi connectivity index (χ2n) is 6.98. The molecule has 0 amide bonds. The van der Waals surface area contributed by atoms with Gasteiger partial charge < -0.3 is 25.4 Å². The van der Waals surface area contributed by atoms with Crippen LogP contribution in [0.1, 0.15) is 6.23 Å². The first-order chi connectivity index (χ1) is 15.1. The van der Waals surface area contributed by atoms with E-state index in [0.29, 0.717) is 17.0 Å². The van der Waals surface area contributed by atoms with Crippen LogP contribution < -0.4 is 5.32 Å². The topological polar surface area (TPSA) is 169 Å². The normalized spacial score (nSPS) is 23.5.